The third-order valence-electron chi connectivity index (χ3n) is 3.39. The number of nitrogens with zero attached hydrogens (tertiary/aromatic N) is 1. The third-order valence-corrected chi connectivity index (χ3v) is 3.88. The van der Waals surface area contributed by atoms with Crippen molar-refractivity contribution in [1.82, 2.24) is 5.43 Å². The second-order valence-electron chi connectivity index (χ2n) is 5.94. The zero-order chi connectivity index (χ0) is 20.5. The number of carbonyl (C=O) groups excluding carboxylic acids is 2. The van der Waals surface area contributed by atoms with E-state index < -0.39 is 11.9 Å². The van der Waals surface area contributed by atoms with Gasteiger partial charge in [-0.1, -0.05) is 15.9 Å². The van der Waals surface area contributed by atoms with Gasteiger partial charge in [0.05, 0.1) is 25.0 Å². The van der Waals surface area contributed by atoms with E-state index >= 15 is 0 Å². The minimum atomic E-state index is -0.425. The Bertz CT molecular complexity index is 850. The van der Waals surface area contributed by atoms with E-state index in [2.05, 4.69) is 26.5 Å². The lowest BCUT2D eigenvalue weighted by molar-refractivity contribution is -0.149. The molecule has 0 aliphatic heterocycles. The lowest BCUT2D eigenvalue weighted by atomic mass is 10.2. The van der Waals surface area contributed by atoms with E-state index in [-0.39, 0.29) is 12.7 Å². The van der Waals surface area contributed by atoms with Gasteiger partial charge >= 0.3 is 5.97 Å². The number of methoxy groups -OCH3 is 1. The maximum atomic E-state index is 12.3. The van der Waals surface area contributed by atoms with E-state index in [9.17, 15) is 9.59 Å². The van der Waals surface area contributed by atoms with Crippen LogP contribution in [0.25, 0.3) is 0 Å². The van der Waals surface area contributed by atoms with Crippen molar-refractivity contribution < 1.29 is 23.8 Å². The highest BCUT2D eigenvalue weighted by Crippen LogP contribution is 2.22. The van der Waals surface area contributed by atoms with Crippen LogP contribution in [0.1, 0.15) is 29.8 Å². The van der Waals surface area contributed by atoms with E-state index in [0.29, 0.717) is 17.1 Å². The summed E-state index contributed by atoms with van der Waals surface area (Å²) in [7, 11) is 1.50. The maximum absolute atomic E-state index is 12.3. The topological polar surface area (TPSA) is 86.2 Å². The number of carbonyl (C=O) groups is 2. The Morgan fingerprint density at radius 1 is 1.18 bits per heavy atom. The lowest BCUT2D eigenvalue weighted by Crippen LogP contribution is -2.18. The van der Waals surface area contributed by atoms with Gasteiger partial charge in [-0.25, -0.2) is 10.2 Å². The molecule has 8 heteroatoms. The normalized spacial score (nSPS) is 10.8. The monoisotopic (exact) mass is 448 g/mol. The Hall–Kier alpha value is -2.87. The zero-order valence-corrected chi connectivity index (χ0v) is 17.4. The molecular weight excluding hydrogens is 428 g/mol. The summed E-state index contributed by atoms with van der Waals surface area (Å²) in [4.78, 5) is 23.7. The van der Waals surface area contributed by atoms with Crippen molar-refractivity contribution >= 4 is 34.0 Å². The highest BCUT2D eigenvalue weighted by atomic mass is 79.9. The first kappa shape index (κ1) is 21.4. The molecule has 0 bridgehead atoms. The Balaban J connectivity index is 1.90. The summed E-state index contributed by atoms with van der Waals surface area (Å²) in [6.07, 6.45) is 1.32. The second kappa shape index (κ2) is 10.5. The Morgan fingerprint density at radius 3 is 2.54 bits per heavy atom. The van der Waals surface area contributed by atoms with Gasteiger partial charge in [0.25, 0.3) is 5.91 Å². The molecular formula is C20H21BrN2O5. The molecule has 0 aliphatic rings. The first-order valence-corrected chi connectivity index (χ1v) is 9.27. The first-order valence-electron chi connectivity index (χ1n) is 8.48. The van der Waals surface area contributed by atoms with Crippen LogP contribution in [-0.4, -0.2) is 37.9 Å². The van der Waals surface area contributed by atoms with Crippen molar-refractivity contribution in [3.05, 3.63) is 58.1 Å². The van der Waals surface area contributed by atoms with Crippen molar-refractivity contribution in [2.75, 3.05) is 13.7 Å². The first-order chi connectivity index (χ1) is 13.4. The molecule has 0 fully saturated rings. The van der Waals surface area contributed by atoms with Gasteiger partial charge in [0.15, 0.2) is 6.61 Å². The predicted molar refractivity (Wildman–Crippen MR) is 109 cm³/mol. The van der Waals surface area contributed by atoms with E-state index in [1.54, 1.807) is 56.3 Å². The molecule has 0 heterocycles. The number of hydrazone groups is 1. The predicted octanol–water partition coefficient (Wildman–Crippen LogP) is 3.55. The average molecular weight is 449 g/mol. The largest absolute Gasteiger partial charge is 0.496 e. The van der Waals surface area contributed by atoms with E-state index in [0.717, 1.165) is 10.0 Å². The molecule has 0 saturated carbocycles. The van der Waals surface area contributed by atoms with Gasteiger partial charge in [0, 0.05) is 4.47 Å². The number of benzene rings is 2. The zero-order valence-electron chi connectivity index (χ0n) is 15.8. The molecule has 7 nitrogen and oxygen atoms in total. The van der Waals surface area contributed by atoms with Crippen LogP contribution >= 0.6 is 15.9 Å². The molecule has 28 heavy (non-hydrogen) atoms. The van der Waals surface area contributed by atoms with Crippen LogP contribution in [0.4, 0.5) is 0 Å². The van der Waals surface area contributed by atoms with Gasteiger partial charge in [0.1, 0.15) is 11.5 Å². The summed E-state index contributed by atoms with van der Waals surface area (Å²) < 4.78 is 16.3. The lowest BCUT2D eigenvalue weighted by Gasteiger charge is -2.09. The number of esters is 1. The number of ether oxygens (including phenoxy) is 3. The van der Waals surface area contributed by atoms with Crippen molar-refractivity contribution in [3.63, 3.8) is 0 Å². The second-order valence-corrected chi connectivity index (χ2v) is 6.86. The van der Waals surface area contributed by atoms with Crippen molar-refractivity contribution in [2.24, 2.45) is 5.10 Å². The molecule has 2 aromatic carbocycles. The summed E-state index contributed by atoms with van der Waals surface area (Å²) in [6, 6.07) is 12.0. The van der Waals surface area contributed by atoms with E-state index in [1.165, 1.54) is 13.3 Å². The molecule has 0 aliphatic carbocycles. The van der Waals surface area contributed by atoms with Crippen molar-refractivity contribution in [2.45, 2.75) is 20.0 Å². The number of nitrogens with one attached hydrogen (secondary N) is 1. The fourth-order valence-corrected chi connectivity index (χ4v) is 2.53. The maximum Gasteiger partial charge on any atom is 0.344 e. The van der Waals surface area contributed by atoms with Gasteiger partial charge in [-0.15, -0.1) is 0 Å². The molecule has 0 unspecified atom stereocenters. The third kappa shape index (κ3) is 6.70. The fraction of sp³-hybridized carbons (Fsp3) is 0.250. The number of amides is 1. The van der Waals surface area contributed by atoms with Crippen LogP contribution in [0.15, 0.2) is 52.0 Å². The van der Waals surface area contributed by atoms with Crippen LogP contribution in [0.3, 0.4) is 0 Å². The van der Waals surface area contributed by atoms with Gasteiger partial charge in [-0.3, -0.25) is 4.79 Å². The summed E-state index contributed by atoms with van der Waals surface area (Å²) in [6.45, 7) is 3.39. The number of rotatable bonds is 8. The smallest absolute Gasteiger partial charge is 0.344 e. The summed E-state index contributed by atoms with van der Waals surface area (Å²) in [5.74, 6) is 0.165. The van der Waals surface area contributed by atoms with Crippen molar-refractivity contribution in [3.8, 4) is 11.5 Å². The van der Waals surface area contributed by atoms with Crippen LogP contribution < -0.4 is 14.9 Å². The molecule has 0 aromatic heterocycles. The minimum Gasteiger partial charge on any atom is -0.496 e. The van der Waals surface area contributed by atoms with Gasteiger partial charge < -0.3 is 14.2 Å². The molecule has 1 N–H and O–H groups in total. The molecule has 2 aromatic rings. The quantitative estimate of drug-likeness (QED) is 0.379. The Labute approximate surface area is 171 Å². The summed E-state index contributed by atoms with van der Waals surface area (Å²) in [5.41, 5.74) is 3.57. The Morgan fingerprint density at radius 2 is 1.89 bits per heavy atom. The van der Waals surface area contributed by atoms with Crippen LogP contribution in [0, 0.1) is 0 Å². The molecule has 0 saturated heterocycles. The molecule has 2 rings (SSSR count). The van der Waals surface area contributed by atoms with Gasteiger partial charge in [0.2, 0.25) is 0 Å². The molecule has 0 atom stereocenters. The molecule has 148 valence electrons. The van der Waals surface area contributed by atoms with Crippen LogP contribution in [-0.2, 0) is 9.53 Å². The Kier molecular flexibility index (Phi) is 8.01. The highest BCUT2D eigenvalue weighted by Gasteiger charge is 2.12. The average Bonchev–Trinajstić information content (AvgIpc) is 2.66. The minimum absolute atomic E-state index is 0.157. The van der Waals surface area contributed by atoms with Crippen LogP contribution in [0.5, 0.6) is 11.5 Å². The SMILES string of the molecule is COc1ccc(Br)cc1C(=O)N/N=C/c1ccc(OCC(=O)OC(C)C)cc1. The van der Waals surface area contributed by atoms with E-state index in [1.807, 2.05) is 0 Å². The number of hydrogen-bond donors (Lipinski definition) is 1. The van der Waals surface area contributed by atoms with Crippen molar-refractivity contribution in [1.29, 1.82) is 0 Å². The van der Waals surface area contributed by atoms with Crippen LogP contribution in [0.2, 0.25) is 0 Å². The highest BCUT2D eigenvalue weighted by molar-refractivity contribution is 9.10. The van der Waals surface area contributed by atoms with Gasteiger partial charge in [-0.2, -0.15) is 5.10 Å². The molecule has 0 radical (unpaired) electrons. The molecule has 0 spiro atoms. The molecule has 1 amide bonds. The van der Waals surface area contributed by atoms with E-state index in [4.69, 9.17) is 14.2 Å². The van der Waals surface area contributed by atoms with Gasteiger partial charge in [-0.05, 0) is 61.9 Å². The standard InChI is InChI=1S/C20H21BrN2O5/c1-13(2)28-19(24)12-27-16-7-4-14(5-8-16)11-22-23-20(25)17-10-15(21)6-9-18(17)26-3/h4-11,13H,12H2,1-3H3,(H,23,25)/b22-11+. The summed E-state index contributed by atoms with van der Waals surface area (Å²) >= 11 is 3.32. The summed E-state index contributed by atoms with van der Waals surface area (Å²) in [5, 5.41) is 3.95. The number of halogens is 1. The number of hydrogen-bond acceptors (Lipinski definition) is 6. The fourth-order valence-electron chi connectivity index (χ4n) is 2.17.